The number of nitrogens with two attached hydrogens (primary N) is 1. The number of ether oxygens (including phenoxy) is 1. The molecule has 0 spiro atoms. The minimum Gasteiger partial charge on any atom is -0.457 e. The lowest BCUT2D eigenvalue weighted by molar-refractivity contribution is 0.0938. The minimum absolute atomic E-state index is 0.194. The second-order valence-corrected chi connectivity index (χ2v) is 6.38. The van der Waals surface area contributed by atoms with Gasteiger partial charge in [0, 0.05) is 22.8 Å². The van der Waals surface area contributed by atoms with Crippen molar-refractivity contribution < 1.29 is 23.1 Å². The summed E-state index contributed by atoms with van der Waals surface area (Å²) in [7, 11) is 0. The highest BCUT2D eigenvalue weighted by Crippen LogP contribution is 2.23. The van der Waals surface area contributed by atoms with Gasteiger partial charge in [0.25, 0.3) is 5.91 Å². The van der Waals surface area contributed by atoms with Crippen molar-refractivity contribution >= 4 is 11.8 Å². The maximum Gasteiger partial charge on any atom is 0.251 e. The Bertz CT molecular complexity index is 1030. The van der Waals surface area contributed by atoms with Crippen LogP contribution in [0.25, 0.3) is 0 Å². The second kappa shape index (κ2) is 8.52. The average molecular weight is 396 g/mol. The number of amides is 2. The summed E-state index contributed by atoms with van der Waals surface area (Å²) in [6.07, 6.45) is 0. The third-order valence-corrected chi connectivity index (χ3v) is 4.27. The molecule has 148 valence electrons. The Labute approximate surface area is 166 Å². The Morgan fingerprint density at radius 1 is 0.897 bits per heavy atom. The van der Waals surface area contributed by atoms with Gasteiger partial charge in [0.2, 0.25) is 5.91 Å². The number of benzene rings is 3. The fourth-order valence-electron chi connectivity index (χ4n) is 2.71. The van der Waals surface area contributed by atoms with E-state index >= 15 is 0 Å². The molecule has 3 aromatic carbocycles. The summed E-state index contributed by atoms with van der Waals surface area (Å²) in [4.78, 5) is 23.5. The Morgan fingerprint density at radius 3 is 1.97 bits per heavy atom. The number of hydrogen-bond donors (Lipinski definition) is 2. The maximum atomic E-state index is 13.8. The topological polar surface area (TPSA) is 81.4 Å². The number of hydrogen-bond acceptors (Lipinski definition) is 3. The van der Waals surface area contributed by atoms with Gasteiger partial charge in [-0.05, 0) is 61.5 Å². The molecule has 0 saturated carbocycles. The van der Waals surface area contributed by atoms with E-state index in [1.807, 2.05) is 0 Å². The van der Waals surface area contributed by atoms with Gasteiger partial charge in [0.05, 0.1) is 6.04 Å². The molecule has 2 amide bonds. The molecule has 0 aliphatic rings. The molecular weight excluding hydrogens is 378 g/mol. The molecule has 0 heterocycles. The number of primary amides is 1. The molecular formula is C22H18F2N2O3. The quantitative estimate of drug-likeness (QED) is 0.650. The first kappa shape index (κ1) is 20.0. The SMILES string of the molecule is CC(NC(=O)c1ccc(Oc2ccc(C(N)=O)cc2)cc1)c1ccc(F)cc1F. The van der Waals surface area contributed by atoms with E-state index in [1.54, 1.807) is 55.5 Å². The number of halogens is 2. The van der Waals surface area contributed by atoms with Crippen molar-refractivity contribution in [3.8, 4) is 11.5 Å². The van der Waals surface area contributed by atoms with Gasteiger partial charge in [-0.3, -0.25) is 9.59 Å². The summed E-state index contributed by atoms with van der Waals surface area (Å²) < 4.78 is 32.5. The van der Waals surface area contributed by atoms with Gasteiger partial charge in [0.15, 0.2) is 0 Å². The Balaban J connectivity index is 1.64. The molecule has 0 aliphatic carbocycles. The van der Waals surface area contributed by atoms with Gasteiger partial charge >= 0.3 is 0 Å². The molecule has 29 heavy (non-hydrogen) atoms. The van der Waals surface area contributed by atoms with E-state index in [0.29, 0.717) is 22.6 Å². The third-order valence-electron chi connectivity index (χ3n) is 4.27. The molecule has 0 aliphatic heterocycles. The van der Waals surface area contributed by atoms with Gasteiger partial charge in [-0.15, -0.1) is 0 Å². The van der Waals surface area contributed by atoms with Crippen molar-refractivity contribution in [1.82, 2.24) is 5.32 Å². The maximum absolute atomic E-state index is 13.8. The van der Waals surface area contributed by atoms with Crippen LogP contribution in [0, 0.1) is 11.6 Å². The predicted octanol–water partition coefficient (Wildman–Crippen LogP) is 4.35. The van der Waals surface area contributed by atoms with E-state index in [2.05, 4.69) is 5.32 Å². The minimum atomic E-state index is -0.719. The first-order valence-electron chi connectivity index (χ1n) is 8.77. The number of rotatable bonds is 6. The van der Waals surface area contributed by atoms with Crippen LogP contribution in [0.4, 0.5) is 8.78 Å². The molecule has 3 N–H and O–H groups in total. The molecule has 1 atom stereocenters. The fraction of sp³-hybridized carbons (Fsp3) is 0.0909. The summed E-state index contributed by atoms with van der Waals surface area (Å²) in [5.41, 5.74) is 6.11. The van der Waals surface area contributed by atoms with Gasteiger partial charge in [-0.1, -0.05) is 6.07 Å². The lowest BCUT2D eigenvalue weighted by atomic mass is 10.1. The van der Waals surface area contributed by atoms with E-state index < -0.39 is 29.5 Å². The second-order valence-electron chi connectivity index (χ2n) is 6.38. The van der Waals surface area contributed by atoms with E-state index in [9.17, 15) is 18.4 Å². The lowest BCUT2D eigenvalue weighted by Gasteiger charge is -2.15. The normalized spacial score (nSPS) is 11.6. The molecule has 0 radical (unpaired) electrons. The van der Waals surface area contributed by atoms with Crippen LogP contribution >= 0.6 is 0 Å². The fourth-order valence-corrected chi connectivity index (χ4v) is 2.71. The monoisotopic (exact) mass is 396 g/mol. The third kappa shape index (κ3) is 4.95. The zero-order valence-electron chi connectivity index (χ0n) is 15.5. The largest absolute Gasteiger partial charge is 0.457 e. The van der Waals surface area contributed by atoms with Gasteiger partial charge < -0.3 is 15.8 Å². The first-order valence-corrected chi connectivity index (χ1v) is 8.77. The Hall–Kier alpha value is -3.74. The molecule has 0 fully saturated rings. The Kier molecular flexibility index (Phi) is 5.87. The van der Waals surface area contributed by atoms with Crippen LogP contribution in [-0.2, 0) is 0 Å². The van der Waals surface area contributed by atoms with Crippen LogP contribution < -0.4 is 15.8 Å². The van der Waals surface area contributed by atoms with E-state index in [-0.39, 0.29) is 5.56 Å². The van der Waals surface area contributed by atoms with Crippen molar-refractivity contribution in [1.29, 1.82) is 0 Å². The molecule has 0 aromatic heterocycles. The van der Waals surface area contributed by atoms with E-state index in [4.69, 9.17) is 10.5 Å². The smallest absolute Gasteiger partial charge is 0.251 e. The van der Waals surface area contributed by atoms with Crippen LogP contribution in [0.3, 0.4) is 0 Å². The highest BCUT2D eigenvalue weighted by molar-refractivity contribution is 5.94. The Morgan fingerprint density at radius 2 is 1.45 bits per heavy atom. The zero-order valence-corrected chi connectivity index (χ0v) is 15.5. The standard InChI is InChI=1S/C22H18F2N2O3/c1-13(19-11-6-16(23)12-20(19)24)26-22(28)15-4-9-18(10-5-15)29-17-7-2-14(3-8-17)21(25)27/h2-13H,1H3,(H2,25,27)(H,26,28). The highest BCUT2D eigenvalue weighted by Gasteiger charge is 2.15. The summed E-state index contributed by atoms with van der Waals surface area (Å²) in [6.45, 7) is 1.61. The van der Waals surface area contributed by atoms with E-state index in [0.717, 1.165) is 12.1 Å². The first-order chi connectivity index (χ1) is 13.8. The van der Waals surface area contributed by atoms with Crippen LogP contribution in [0.15, 0.2) is 66.7 Å². The predicted molar refractivity (Wildman–Crippen MR) is 104 cm³/mol. The van der Waals surface area contributed by atoms with Crippen molar-refractivity contribution in [3.05, 3.63) is 95.1 Å². The number of carbonyl (C=O) groups is 2. The van der Waals surface area contributed by atoms with Crippen molar-refractivity contribution in [3.63, 3.8) is 0 Å². The highest BCUT2D eigenvalue weighted by atomic mass is 19.1. The van der Waals surface area contributed by atoms with Crippen molar-refractivity contribution in [2.75, 3.05) is 0 Å². The van der Waals surface area contributed by atoms with Crippen LogP contribution in [0.2, 0.25) is 0 Å². The van der Waals surface area contributed by atoms with Crippen LogP contribution in [0.5, 0.6) is 11.5 Å². The summed E-state index contributed by atoms with van der Waals surface area (Å²) in [5, 5.41) is 2.67. The molecule has 7 heteroatoms. The van der Waals surface area contributed by atoms with Crippen molar-refractivity contribution in [2.24, 2.45) is 5.73 Å². The zero-order chi connectivity index (χ0) is 21.0. The molecule has 0 bridgehead atoms. The number of carbonyl (C=O) groups excluding carboxylic acids is 2. The van der Waals surface area contributed by atoms with Gasteiger partial charge in [0.1, 0.15) is 23.1 Å². The summed E-state index contributed by atoms with van der Waals surface area (Å²) in [6, 6.07) is 15.3. The van der Waals surface area contributed by atoms with E-state index in [1.165, 1.54) is 6.07 Å². The molecule has 3 aromatic rings. The molecule has 1 unspecified atom stereocenters. The van der Waals surface area contributed by atoms with Gasteiger partial charge in [-0.2, -0.15) is 0 Å². The van der Waals surface area contributed by atoms with Crippen molar-refractivity contribution in [2.45, 2.75) is 13.0 Å². The summed E-state index contributed by atoms with van der Waals surface area (Å²) in [5.74, 6) is -1.33. The summed E-state index contributed by atoms with van der Waals surface area (Å²) >= 11 is 0. The molecule has 3 rings (SSSR count). The molecule has 0 saturated heterocycles. The lowest BCUT2D eigenvalue weighted by Crippen LogP contribution is -2.27. The molecule has 5 nitrogen and oxygen atoms in total. The van der Waals surface area contributed by atoms with Gasteiger partial charge in [-0.25, -0.2) is 8.78 Å². The van der Waals surface area contributed by atoms with Crippen LogP contribution in [-0.4, -0.2) is 11.8 Å². The number of nitrogens with one attached hydrogen (secondary N) is 1. The average Bonchev–Trinajstić information content (AvgIpc) is 2.68. The van der Waals surface area contributed by atoms with Crippen LogP contribution in [0.1, 0.15) is 39.2 Å².